The Labute approximate surface area is 140 Å². The Hall–Kier alpha value is -2.56. The Morgan fingerprint density at radius 3 is 2.58 bits per heavy atom. The third kappa shape index (κ3) is 3.85. The van der Waals surface area contributed by atoms with Crippen LogP contribution >= 0.6 is 0 Å². The largest absolute Gasteiger partial charge is 0.460 e. The summed E-state index contributed by atoms with van der Waals surface area (Å²) in [5.41, 5.74) is 10.5. The van der Waals surface area contributed by atoms with Gasteiger partial charge in [0.1, 0.15) is 11.2 Å². The minimum atomic E-state index is -0.658. The van der Waals surface area contributed by atoms with E-state index in [9.17, 15) is 14.9 Å². The van der Waals surface area contributed by atoms with Gasteiger partial charge in [-0.15, -0.1) is 0 Å². The van der Waals surface area contributed by atoms with Crippen molar-refractivity contribution in [1.29, 1.82) is 5.26 Å². The molecule has 8 nitrogen and oxygen atoms in total. The van der Waals surface area contributed by atoms with Gasteiger partial charge in [0.2, 0.25) is 0 Å². The van der Waals surface area contributed by atoms with Crippen LogP contribution in [0.25, 0.3) is 0 Å². The lowest BCUT2D eigenvalue weighted by molar-refractivity contribution is -0.161. The van der Waals surface area contributed by atoms with Crippen LogP contribution in [0.15, 0.2) is 6.20 Å². The first-order valence-electron chi connectivity index (χ1n) is 7.89. The van der Waals surface area contributed by atoms with Crippen LogP contribution in [0, 0.1) is 23.2 Å². The van der Waals surface area contributed by atoms with E-state index >= 15 is 0 Å². The summed E-state index contributed by atoms with van der Waals surface area (Å²) >= 11 is 0. The van der Waals surface area contributed by atoms with E-state index in [1.807, 2.05) is 20.8 Å². The quantitative estimate of drug-likeness (QED) is 0.802. The minimum absolute atomic E-state index is 0.0495. The number of hydrogen-bond acceptors (Lipinski definition) is 6. The highest BCUT2D eigenvalue weighted by Crippen LogP contribution is 2.38. The second-order valence-electron chi connectivity index (χ2n) is 7.12. The predicted octanol–water partition coefficient (Wildman–Crippen LogP) is 1.39. The maximum absolute atomic E-state index is 12.2. The molecule has 1 aliphatic carbocycles. The number of carbonyl (C=O) groups is 2. The van der Waals surface area contributed by atoms with Gasteiger partial charge in [-0.05, 0) is 40.0 Å². The number of nitrogens with zero attached hydrogens (tertiary/aromatic N) is 3. The summed E-state index contributed by atoms with van der Waals surface area (Å²) in [6.07, 6.45) is 3.02. The van der Waals surface area contributed by atoms with Gasteiger partial charge in [-0.1, -0.05) is 0 Å². The van der Waals surface area contributed by atoms with Crippen LogP contribution in [-0.2, 0) is 9.53 Å². The van der Waals surface area contributed by atoms with Gasteiger partial charge in [-0.25, -0.2) is 0 Å². The Kier molecular flexibility index (Phi) is 4.83. The number of nitrogen functional groups attached to an aromatic ring is 1. The van der Waals surface area contributed by atoms with Crippen molar-refractivity contribution in [2.75, 3.05) is 5.73 Å². The second-order valence-corrected chi connectivity index (χ2v) is 7.12. The van der Waals surface area contributed by atoms with Gasteiger partial charge in [0.05, 0.1) is 23.9 Å². The molecule has 0 aliphatic heterocycles. The molecule has 1 aliphatic rings. The van der Waals surface area contributed by atoms with Crippen molar-refractivity contribution in [2.45, 2.75) is 51.7 Å². The lowest BCUT2D eigenvalue weighted by Gasteiger charge is -2.33. The topological polar surface area (TPSA) is 137 Å². The van der Waals surface area contributed by atoms with E-state index in [4.69, 9.17) is 16.2 Å². The molecule has 0 unspecified atom stereocenters. The zero-order chi connectivity index (χ0) is 18.1. The Morgan fingerprint density at radius 1 is 1.42 bits per heavy atom. The molecule has 4 N–H and O–H groups in total. The van der Waals surface area contributed by atoms with Gasteiger partial charge in [0, 0.05) is 6.20 Å². The minimum Gasteiger partial charge on any atom is -0.460 e. The molecule has 0 radical (unpaired) electrons. The number of ether oxygens (including phenoxy) is 1. The van der Waals surface area contributed by atoms with Gasteiger partial charge in [0.15, 0.2) is 5.82 Å². The van der Waals surface area contributed by atoms with E-state index < -0.39 is 17.4 Å². The van der Waals surface area contributed by atoms with Crippen LogP contribution in [0.3, 0.4) is 0 Å². The first kappa shape index (κ1) is 17.8. The third-order valence-electron chi connectivity index (χ3n) is 4.09. The van der Waals surface area contributed by atoms with Gasteiger partial charge in [-0.2, -0.15) is 10.4 Å². The molecular weight excluding hydrogens is 310 g/mol. The molecular formula is C16H23N5O3. The zero-order valence-corrected chi connectivity index (χ0v) is 14.2. The first-order chi connectivity index (χ1) is 11.1. The maximum Gasteiger partial charge on any atom is 0.309 e. The number of nitrogens with two attached hydrogens (primary N) is 2. The fraction of sp³-hybridized carbons (Fsp3) is 0.625. The number of aromatic nitrogens is 2. The van der Waals surface area contributed by atoms with Crippen molar-refractivity contribution in [3.63, 3.8) is 0 Å². The molecule has 8 heteroatoms. The standard InChI is InChI=1S/C16H23N5O3/c1-16(2,3)24-15(23)9-4-5-12(10(6-9)7-17)21-8-11(14(19)22)13(18)20-21/h8-10,12H,4-6H2,1-3H3,(H2,18,20)(H2,19,22)/t9-,10+,12-/m1/s1. The highest BCUT2D eigenvalue weighted by atomic mass is 16.6. The summed E-state index contributed by atoms with van der Waals surface area (Å²) in [4.78, 5) is 23.5. The molecule has 0 saturated heterocycles. The zero-order valence-electron chi connectivity index (χ0n) is 14.2. The van der Waals surface area contributed by atoms with Crippen molar-refractivity contribution < 1.29 is 14.3 Å². The van der Waals surface area contributed by atoms with E-state index in [1.165, 1.54) is 10.9 Å². The van der Waals surface area contributed by atoms with Crippen LogP contribution in [-0.4, -0.2) is 27.3 Å². The number of hydrogen-bond donors (Lipinski definition) is 2. The summed E-state index contributed by atoms with van der Waals surface area (Å²) in [6.45, 7) is 5.45. The van der Waals surface area contributed by atoms with Crippen molar-refractivity contribution in [2.24, 2.45) is 17.6 Å². The maximum atomic E-state index is 12.2. The average Bonchev–Trinajstić information content (AvgIpc) is 2.86. The molecule has 3 atom stereocenters. The fourth-order valence-corrected chi connectivity index (χ4v) is 2.97. The number of amides is 1. The third-order valence-corrected chi connectivity index (χ3v) is 4.09. The lowest BCUT2D eigenvalue weighted by Crippen LogP contribution is -2.34. The highest BCUT2D eigenvalue weighted by molar-refractivity contribution is 5.96. The Morgan fingerprint density at radius 2 is 2.08 bits per heavy atom. The van der Waals surface area contributed by atoms with Gasteiger partial charge < -0.3 is 16.2 Å². The number of anilines is 1. The number of primary amides is 1. The van der Waals surface area contributed by atoms with E-state index in [1.54, 1.807) is 0 Å². The number of esters is 1. The lowest BCUT2D eigenvalue weighted by atomic mass is 9.78. The highest BCUT2D eigenvalue weighted by Gasteiger charge is 2.37. The molecule has 1 aromatic heterocycles. The summed E-state index contributed by atoms with van der Waals surface area (Å²) in [5, 5.41) is 13.6. The summed E-state index contributed by atoms with van der Waals surface area (Å²) < 4.78 is 6.94. The fourth-order valence-electron chi connectivity index (χ4n) is 2.97. The predicted molar refractivity (Wildman–Crippen MR) is 86.5 cm³/mol. The Balaban J connectivity index is 2.14. The number of rotatable bonds is 3. The summed E-state index contributed by atoms with van der Waals surface area (Å²) in [7, 11) is 0. The molecule has 1 heterocycles. The molecule has 0 spiro atoms. The molecule has 1 saturated carbocycles. The summed E-state index contributed by atoms with van der Waals surface area (Å²) in [6, 6.07) is 1.99. The van der Waals surface area contributed by atoms with E-state index in [-0.39, 0.29) is 29.3 Å². The van der Waals surface area contributed by atoms with E-state index in [0.29, 0.717) is 19.3 Å². The van der Waals surface area contributed by atoms with E-state index in [2.05, 4.69) is 11.2 Å². The molecule has 0 bridgehead atoms. The number of nitriles is 1. The van der Waals surface area contributed by atoms with Gasteiger partial charge >= 0.3 is 5.97 Å². The van der Waals surface area contributed by atoms with Gasteiger partial charge in [0.25, 0.3) is 5.91 Å². The van der Waals surface area contributed by atoms with E-state index in [0.717, 1.165) is 0 Å². The van der Waals surface area contributed by atoms with Crippen molar-refractivity contribution in [1.82, 2.24) is 9.78 Å². The summed E-state index contributed by atoms with van der Waals surface area (Å²) in [5.74, 6) is -1.62. The number of carbonyl (C=O) groups excluding carboxylic acids is 2. The molecule has 0 aromatic carbocycles. The normalized spacial score (nSPS) is 24.2. The SMILES string of the molecule is CC(C)(C)OC(=O)[C@@H]1CC[C@@H](n2cc(C(N)=O)c(N)n2)[C@H](C#N)C1. The van der Waals surface area contributed by atoms with Crippen LogP contribution in [0.5, 0.6) is 0 Å². The first-order valence-corrected chi connectivity index (χ1v) is 7.89. The molecule has 1 aromatic rings. The van der Waals surface area contributed by atoms with Crippen molar-refractivity contribution >= 4 is 17.7 Å². The molecule has 1 amide bonds. The monoisotopic (exact) mass is 333 g/mol. The van der Waals surface area contributed by atoms with Gasteiger partial charge in [-0.3, -0.25) is 14.3 Å². The smallest absolute Gasteiger partial charge is 0.309 e. The van der Waals surface area contributed by atoms with Crippen LogP contribution < -0.4 is 11.5 Å². The van der Waals surface area contributed by atoms with Crippen LogP contribution in [0.4, 0.5) is 5.82 Å². The van der Waals surface area contributed by atoms with Crippen molar-refractivity contribution in [3.8, 4) is 6.07 Å². The second kappa shape index (κ2) is 6.51. The van der Waals surface area contributed by atoms with Crippen LogP contribution in [0.1, 0.15) is 56.4 Å². The molecule has 1 fully saturated rings. The molecule has 130 valence electrons. The van der Waals surface area contributed by atoms with Crippen molar-refractivity contribution in [3.05, 3.63) is 11.8 Å². The Bertz CT molecular complexity index is 683. The molecule has 2 rings (SSSR count). The molecule has 24 heavy (non-hydrogen) atoms. The van der Waals surface area contributed by atoms with Crippen LogP contribution in [0.2, 0.25) is 0 Å². The average molecular weight is 333 g/mol.